The van der Waals surface area contributed by atoms with E-state index in [1.54, 1.807) is 0 Å². The summed E-state index contributed by atoms with van der Waals surface area (Å²) in [7, 11) is -2.05. The second kappa shape index (κ2) is 10.1. The number of nitrogens with zero attached hydrogens (tertiary/aromatic N) is 1. The van der Waals surface area contributed by atoms with Gasteiger partial charge in [-0.05, 0) is 85.2 Å². The Kier molecular flexibility index (Phi) is 7.71. The molecule has 1 N–H and O–H groups in total. The lowest BCUT2D eigenvalue weighted by molar-refractivity contribution is 0.105. The van der Waals surface area contributed by atoms with Crippen LogP contribution in [0.4, 0.5) is 0 Å². The van der Waals surface area contributed by atoms with Gasteiger partial charge in [-0.25, -0.2) is 0 Å². The van der Waals surface area contributed by atoms with Crippen molar-refractivity contribution >= 4 is 13.9 Å². The van der Waals surface area contributed by atoms with E-state index in [0.717, 1.165) is 42.5 Å². The van der Waals surface area contributed by atoms with Crippen molar-refractivity contribution in [2.45, 2.75) is 124 Å². The molecule has 37 heavy (non-hydrogen) atoms. The van der Waals surface area contributed by atoms with Crippen molar-refractivity contribution in [1.82, 2.24) is 4.98 Å². The zero-order valence-electron chi connectivity index (χ0n) is 25.0. The number of aryl methyl sites for hydroxylation is 1. The average molecular weight is 520 g/mol. The Morgan fingerprint density at radius 3 is 2.30 bits per heavy atom. The molecule has 0 radical (unpaired) electrons. The van der Waals surface area contributed by atoms with Crippen LogP contribution >= 0.6 is 0 Å². The summed E-state index contributed by atoms with van der Waals surface area (Å²) in [6, 6.07) is 8.34. The number of aromatic nitrogens is 1. The summed E-state index contributed by atoms with van der Waals surface area (Å²) in [6.45, 7) is 22.9. The molecule has 2 unspecified atom stereocenters. The molecule has 1 heterocycles. The van der Waals surface area contributed by atoms with Gasteiger partial charge in [0.05, 0.1) is 6.10 Å². The first kappa shape index (κ1) is 28.3. The predicted octanol–water partition coefficient (Wildman–Crippen LogP) is 9.20. The maximum Gasteiger partial charge on any atom is 0.192 e. The van der Waals surface area contributed by atoms with Gasteiger partial charge < -0.3 is 9.53 Å². The Labute approximate surface area is 226 Å². The number of fused-ring (bicyclic) bond motifs is 1. The number of allylic oxidation sites excluding steroid dienone is 2. The van der Waals surface area contributed by atoms with Gasteiger partial charge in [0.25, 0.3) is 0 Å². The van der Waals surface area contributed by atoms with Crippen molar-refractivity contribution in [3.63, 3.8) is 0 Å². The Hall–Kier alpha value is -1.75. The van der Waals surface area contributed by atoms with Crippen LogP contribution in [0.25, 0.3) is 5.57 Å². The summed E-state index contributed by atoms with van der Waals surface area (Å²) < 4.78 is 7.25. The summed E-state index contributed by atoms with van der Waals surface area (Å²) in [4.78, 5) is 5.40. The molecular formula is C33H49NO2Si. The van der Waals surface area contributed by atoms with Crippen molar-refractivity contribution in [1.29, 1.82) is 0 Å². The van der Waals surface area contributed by atoms with Crippen molar-refractivity contribution in [3.8, 4) is 0 Å². The minimum absolute atomic E-state index is 0.00572. The first-order valence-corrected chi connectivity index (χ1v) is 17.2. The van der Waals surface area contributed by atoms with E-state index in [1.807, 2.05) is 0 Å². The molecule has 2 atom stereocenters. The Balaban J connectivity index is 2.02. The van der Waals surface area contributed by atoms with Gasteiger partial charge in [0, 0.05) is 22.5 Å². The summed E-state index contributed by atoms with van der Waals surface area (Å²) in [6.07, 6.45) is 6.94. The summed E-state index contributed by atoms with van der Waals surface area (Å²) in [5.41, 5.74) is 9.38. The van der Waals surface area contributed by atoms with E-state index in [0.29, 0.717) is 0 Å². The SMILES string of the molecule is Cc1ccc(C(O)c2c(C(C)C)nc3c(c2C2=CCCC2)C(O[Si](C)(C)C(C)(C)C)CC(C)(C)C3)cc1. The monoisotopic (exact) mass is 519 g/mol. The highest BCUT2D eigenvalue weighted by molar-refractivity contribution is 6.74. The van der Waals surface area contributed by atoms with Crippen LogP contribution in [0.5, 0.6) is 0 Å². The van der Waals surface area contributed by atoms with Gasteiger partial charge in [0.1, 0.15) is 6.10 Å². The van der Waals surface area contributed by atoms with Gasteiger partial charge in [0.2, 0.25) is 0 Å². The van der Waals surface area contributed by atoms with Crippen LogP contribution in [0, 0.1) is 12.3 Å². The molecule has 0 amide bonds. The summed E-state index contributed by atoms with van der Waals surface area (Å²) in [5, 5.41) is 12.1. The zero-order chi connectivity index (χ0) is 27.3. The minimum atomic E-state index is -2.05. The van der Waals surface area contributed by atoms with E-state index < -0.39 is 14.4 Å². The molecule has 0 saturated heterocycles. The number of benzene rings is 1. The lowest BCUT2D eigenvalue weighted by atomic mass is 9.71. The number of aliphatic hydroxyl groups is 1. The van der Waals surface area contributed by atoms with Gasteiger partial charge in [0.15, 0.2) is 8.32 Å². The normalized spacial score (nSPS) is 20.6. The molecule has 0 fully saturated rings. The minimum Gasteiger partial charge on any atom is -0.410 e. The largest absolute Gasteiger partial charge is 0.410 e. The van der Waals surface area contributed by atoms with Gasteiger partial charge >= 0.3 is 0 Å². The Morgan fingerprint density at radius 2 is 1.76 bits per heavy atom. The molecule has 0 bridgehead atoms. The van der Waals surface area contributed by atoms with Crippen LogP contribution < -0.4 is 0 Å². The van der Waals surface area contributed by atoms with Crippen LogP contribution in [-0.2, 0) is 10.8 Å². The van der Waals surface area contributed by atoms with Crippen LogP contribution in [-0.4, -0.2) is 18.4 Å². The fourth-order valence-electron chi connectivity index (χ4n) is 5.80. The van der Waals surface area contributed by atoms with Crippen LogP contribution in [0.2, 0.25) is 18.1 Å². The van der Waals surface area contributed by atoms with E-state index in [9.17, 15) is 5.11 Å². The van der Waals surface area contributed by atoms with E-state index in [4.69, 9.17) is 9.41 Å². The predicted molar refractivity (Wildman–Crippen MR) is 159 cm³/mol. The molecule has 2 aliphatic rings. The number of hydrogen-bond acceptors (Lipinski definition) is 3. The number of pyridine rings is 1. The molecule has 0 spiro atoms. The highest BCUT2D eigenvalue weighted by atomic mass is 28.4. The van der Waals surface area contributed by atoms with Gasteiger partial charge in [-0.1, -0.05) is 84.4 Å². The molecule has 1 aromatic carbocycles. The molecule has 4 rings (SSSR count). The van der Waals surface area contributed by atoms with E-state index in [1.165, 1.54) is 34.4 Å². The first-order chi connectivity index (χ1) is 17.1. The van der Waals surface area contributed by atoms with Crippen LogP contribution in [0.3, 0.4) is 0 Å². The fraction of sp³-hybridized carbons (Fsp3) is 0.606. The number of rotatable bonds is 6. The maximum absolute atomic E-state index is 12.0. The van der Waals surface area contributed by atoms with Gasteiger partial charge in [-0.15, -0.1) is 0 Å². The average Bonchev–Trinajstić information content (AvgIpc) is 3.30. The molecule has 4 heteroatoms. The Morgan fingerprint density at radius 1 is 1.11 bits per heavy atom. The molecule has 2 aliphatic carbocycles. The van der Waals surface area contributed by atoms with E-state index in [2.05, 4.69) is 98.8 Å². The molecule has 1 aromatic heterocycles. The molecular weight excluding hydrogens is 470 g/mol. The molecule has 0 saturated carbocycles. The van der Waals surface area contributed by atoms with Crippen LogP contribution in [0.15, 0.2) is 30.3 Å². The quantitative estimate of drug-likeness (QED) is 0.387. The van der Waals surface area contributed by atoms with Crippen LogP contribution in [0.1, 0.15) is 131 Å². The lowest BCUT2D eigenvalue weighted by Gasteiger charge is -2.45. The maximum atomic E-state index is 12.0. The first-order valence-electron chi connectivity index (χ1n) is 14.3. The molecule has 2 aromatic rings. The summed E-state index contributed by atoms with van der Waals surface area (Å²) >= 11 is 0. The standard InChI is InChI=1S/C33H49NO2Si/c1-21(2)30-29(31(35)24-17-15-22(3)16-18-24)27(23-13-11-12-14-23)28-25(34-30)19-33(7,8)20-26(28)36-37(9,10)32(4,5)6/h13,15-18,21,26,31,35H,11-12,14,19-20H2,1-10H3. The number of hydrogen-bond donors (Lipinski definition) is 1. The molecule has 202 valence electrons. The molecule has 3 nitrogen and oxygen atoms in total. The van der Waals surface area contributed by atoms with Gasteiger partial charge in [-0.3, -0.25) is 4.98 Å². The van der Waals surface area contributed by atoms with E-state index in [-0.39, 0.29) is 22.5 Å². The third-order valence-electron chi connectivity index (χ3n) is 8.91. The highest BCUT2D eigenvalue weighted by Crippen LogP contribution is 2.52. The fourth-order valence-corrected chi connectivity index (χ4v) is 7.07. The van der Waals surface area contributed by atoms with Crippen molar-refractivity contribution in [2.75, 3.05) is 0 Å². The van der Waals surface area contributed by atoms with E-state index >= 15 is 0 Å². The second-order valence-electron chi connectivity index (χ2n) is 14.1. The molecule has 0 aliphatic heterocycles. The van der Waals surface area contributed by atoms with Gasteiger partial charge in [-0.2, -0.15) is 0 Å². The van der Waals surface area contributed by atoms with Crippen molar-refractivity contribution in [3.05, 3.63) is 69.5 Å². The third kappa shape index (κ3) is 5.67. The highest BCUT2D eigenvalue weighted by Gasteiger charge is 2.45. The van der Waals surface area contributed by atoms with Crippen molar-refractivity contribution in [2.24, 2.45) is 5.41 Å². The lowest BCUT2D eigenvalue weighted by Crippen LogP contribution is -2.44. The zero-order valence-corrected chi connectivity index (χ0v) is 26.0. The topological polar surface area (TPSA) is 42.4 Å². The summed E-state index contributed by atoms with van der Waals surface area (Å²) in [5.74, 6) is 0.214. The third-order valence-corrected chi connectivity index (χ3v) is 13.4. The second-order valence-corrected chi connectivity index (χ2v) is 18.9. The Bertz CT molecular complexity index is 1170. The number of aliphatic hydroxyl groups excluding tert-OH is 1. The smallest absolute Gasteiger partial charge is 0.192 e. The van der Waals surface area contributed by atoms with Crippen molar-refractivity contribution < 1.29 is 9.53 Å².